The topological polar surface area (TPSA) is 220 Å². The highest BCUT2D eigenvalue weighted by molar-refractivity contribution is 6.06. The summed E-state index contributed by atoms with van der Waals surface area (Å²) in [4.78, 5) is 40.3. The van der Waals surface area contributed by atoms with Crippen molar-refractivity contribution in [3.05, 3.63) is 164 Å². The van der Waals surface area contributed by atoms with E-state index in [1.807, 2.05) is 36.7 Å². The maximum atomic E-state index is 17.1. The van der Waals surface area contributed by atoms with Crippen LogP contribution in [0.3, 0.4) is 0 Å². The Balaban J connectivity index is 0.971. The molecule has 0 unspecified atom stereocenters. The molecule has 508 valence electrons. The molecular weight excluding hydrogens is 1220 g/mol. The lowest BCUT2D eigenvalue weighted by molar-refractivity contribution is -0.136. The zero-order chi connectivity index (χ0) is 66.7. The molecule has 8 aliphatic carbocycles. The highest BCUT2D eigenvalue weighted by atomic mass is 16.5. The van der Waals surface area contributed by atoms with Gasteiger partial charge >= 0.3 is 0 Å². The minimum atomic E-state index is -1.52. The van der Waals surface area contributed by atoms with Gasteiger partial charge in [-0.15, -0.1) is 0 Å². The molecule has 12 atom stereocenters. The van der Waals surface area contributed by atoms with E-state index in [0.717, 1.165) is 120 Å². The quantitative estimate of drug-likeness (QED) is 0.0558. The lowest BCUT2D eigenvalue weighted by atomic mass is 9.57. The van der Waals surface area contributed by atoms with Crippen molar-refractivity contribution in [3.8, 4) is 52.1 Å². The van der Waals surface area contributed by atoms with Crippen molar-refractivity contribution in [2.24, 2.45) is 39.9 Å². The highest BCUT2D eigenvalue weighted by Gasteiger charge is 2.69. The maximum Gasteiger partial charge on any atom is 0.163 e. The summed E-state index contributed by atoms with van der Waals surface area (Å²) in [7, 11) is 0. The number of ether oxygens (including phenoxy) is 1. The fraction of sp³-hybridized carbons (Fsp3) is 0.506. The number of nitrogens with one attached hydrogen (secondary N) is 4. The first-order valence-corrected chi connectivity index (χ1v) is 37.3. The Morgan fingerprint density at radius 1 is 0.694 bits per heavy atom. The molecule has 98 heavy (non-hydrogen) atoms. The van der Waals surface area contributed by atoms with Crippen LogP contribution in [0.4, 0.5) is 5.82 Å². The summed E-state index contributed by atoms with van der Waals surface area (Å²) in [6.07, 6.45) is 24.5. The van der Waals surface area contributed by atoms with Crippen molar-refractivity contribution < 1.29 is 45.0 Å². The number of carbonyl (C=O) groups excluding carboxylic acids is 2. The number of phenolic OH excluding ortho intramolecular Hbond substituents is 2. The first-order chi connectivity index (χ1) is 47.7. The van der Waals surface area contributed by atoms with E-state index in [9.17, 15) is 30.6 Å². The third kappa shape index (κ3) is 10.4. The second kappa shape index (κ2) is 24.9. The standard InChI is InChI=1S/C85H94N4O9/c90-42-28-61-70(92)23-20-51-43-65(77(94)71(44-51)98-57-14-2-3-15-57)76(93)64-46-56-45-54-26-40-88-80(54)89-68-22-21-55-49-86-39-9-13-52-11-1-4-16-58(52)63(64)47-67(56)85(79(55)96)38-36-81(35-37-83(50-81)32-10-31-82(83)29-5-6-30-82)72(85)19-8-17-62-73(68)74(78(61)95)66(60-27-41-87-75(60)62)48-84(97)33-24-53-12-7-18-69(91)59(53)25-34-84/h1,4,7,11-12,16,18,25-27,34,40-41,43-44,46-47,55,57,61,66,68,72,74,76,79,86-91,93-94,96-97H,2-3,5-6,9-10,13-15,17,20,23-24,28-33,35-39,42,45,48-50H2/t55-,61-,66+,68+,72-,74+,76+,79+,81+,83+,84+,85+/m0/s1. The van der Waals surface area contributed by atoms with Crippen LogP contribution < -0.4 is 15.4 Å². The Labute approximate surface area is 575 Å². The fourth-order valence-corrected chi connectivity index (χ4v) is 22.3. The summed E-state index contributed by atoms with van der Waals surface area (Å²) in [5.41, 5.74) is 9.48. The largest absolute Gasteiger partial charge is 0.507 e. The van der Waals surface area contributed by atoms with E-state index in [0.29, 0.717) is 60.4 Å². The van der Waals surface area contributed by atoms with Gasteiger partial charge in [0, 0.05) is 78.9 Å². The maximum absolute atomic E-state index is 17.1. The van der Waals surface area contributed by atoms with Gasteiger partial charge in [-0.3, -0.25) is 9.59 Å². The summed E-state index contributed by atoms with van der Waals surface area (Å²) in [6.45, 7) is 0.542. The molecular formula is C85H94N4O9. The summed E-state index contributed by atoms with van der Waals surface area (Å²) >= 11 is 0. The molecule has 3 aliphatic heterocycles. The Bertz CT molecular complexity index is 4360. The highest BCUT2D eigenvalue weighted by Crippen LogP contribution is 2.76. The van der Waals surface area contributed by atoms with Crippen LogP contribution in [-0.2, 0) is 40.7 Å². The van der Waals surface area contributed by atoms with Crippen molar-refractivity contribution in [1.29, 1.82) is 0 Å². The molecule has 13 heteroatoms. The van der Waals surface area contributed by atoms with Crippen molar-refractivity contribution in [2.75, 3.05) is 25.0 Å². The number of phenols is 2. The number of fused-ring (bicyclic) bond motifs is 12. The Morgan fingerprint density at radius 3 is 2.38 bits per heavy atom. The number of aromatic amines is 2. The van der Waals surface area contributed by atoms with Crippen molar-refractivity contribution in [1.82, 2.24) is 15.3 Å². The van der Waals surface area contributed by atoms with Crippen LogP contribution in [0.5, 0.6) is 17.2 Å². The van der Waals surface area contributed by atoms with Crippen LogP contribution in [0.2, 0.25) is 0 Å². The number of aryl methyl sites for hydroxylation is 3. The van der Waals surface area contributed by atoms with E-state index in [4.69, 9.17) is 4.74 Å². The van der Waals surface area contributed by atoms with Crippen LogP contribution >= 0.6 is 0 Å². The molecule has 5 saturated carbocycles. The number of allylic oxidation sites excluding steroid dienone is 1. The third-order valence-electron chi connectivity index (χ3n) is 27.0. The SMILES string of the molecule is O=C1CCc2cc(OC3CCCC3)c(O)c(c2)[C@H](O)c2cc3c4cc2-c2ccccc2CCCNC[C@@H]2C#C[C@@H](Nc5[nH]ccc5C3)C3=C(CC#C[C@H]5[C@@]6(CC[C@@]45[C@@H]2O)CC[C@]2(CCCC24CCCC4)C6)c2[nH]ccc2[C@@H](C[C@]2(O)C=Cc4c(O)cccc4CC2)[C@H]3C(=O)[C@H]1CCO. The molecule has 6 aromatic rings. The van der Waals surface area contributed by atoms with Crippen LogP contribution in [0.15, 0.2) is 103 Å². The summed E-state index contributed by atoms with van der Waals surface area (Å²) in [5, 5.41) is 85.3. The predicted octanol–water partition coefficient (Wildman–Crippen LogP) is 13.7. The van der Waals surface area contributed by atoms with E-state index in [2.05, 4.69) is 86.7 Å². The molecule has 13 nitrogen and oxygen atoms in total. The second-order valence-corrected chi connectivity index (χ2v) is 31.9. The molecule has 4 spiro atoms. The fourth-order valence-electron chi connectivity index (χ4n) is 22.3. The van der Waals surface area contributed by atoms with Crippen molar-refractivity contribution in [3.63, 3.8) is 0 Å². The number of aromatic nitrogens is 2. The first kappa shape index (κ1) is 63.8. The van der Waals surface area contributed by atoms with E-state index in [1.165, 1.54) is 44.9 Å². The van der Waals surface area contributed by atoms with Crippen LogP contribution in [0.1, 0.15) is 215 Å². The van der Waals surface area contributed by atoms with Gasteiger partial charge in [0.1, 0.15) is 29.5 Å². The summed E-state index contributed by atoms with van der Waals surface area (Å²) in [6, 6.07) is 25.3. The van der Waals surface area contributed by atoms with Gasteiger partial charge in [0.15, 0.2) is 17.3 Å². The van der Waals surface area contributed by atoms with Gasteiger partial charge in [-0.1, -0.05) is 97.6 Å². The third-order valence-corrected chi connectivity index (χ3v) is 27.0. The number of aliphatic hydroxyl groups excluding tert-OH is 3. The average molecular weight is 1320 g/mol. The molecule has 17 rings (SSSR count). The van der Waals surface area contributed by atoms with Crippen LogP contribution in [0.25, 0.3) is 22.8 Å². The van der Waals surface area contributed by atoms with E-state index >= 15 is 9.59 Å². The van der Waals surface area contributed by atoms with Crippen LogP contribution in [0, 0.1) is 63.6 Å². The van der Waals surface area contributed by atoms with Gasteiger partial charge in [0.05, 0.1) is 35.6 Å². The number of hydrogen-bond acceptors (Lipinski definition) is 11. The molecule has 9 bridgehead atoms. The number of H-pyrrole nitrogens is 2. The Hall–Kier alpha value is -7.62. The number of anilines is 1. The predicted molar refractivity (Wildman–Crippen MR) is 379 cm³/mol. The lowest BCUT2D eigenvalue weighted by Gasteiger charge is -2.47. The number of rotatable bonds is 6. The zero-order valence-electron chi connectivity index (χ0n) is 56.4. The molecule has 5 heterocycles. The molecule has 4 aromatic carbocycles. The number of Topliss-reactive ketones (excluding diaryl/α,β-unsaturated/α-hetero) is 2. The molecule has 5 fully saturated rings. The number of aromatic hydroxyl groups is 2. The molecule has 10 N–H and O–H groups in total. The number of benzene rings is 4. The Kier molecular flexibility index (Phi) is 16.2. The van der Waals surface area contributed by atoms with Gasteiger partial charge in [-0.05, 0) is 254 Å². The normalized spacial score (nSPS) is 32.2. The molecule has 0 amide bonds. The van der Waals surface area contributed by atoms with Crippen molar-refractivity contribution in [2.45, 2.75) is 208 Å². The van der Waals surface area contributed by atoms with E-state index in [1.54, 1.807) is 24.3 Å². The monoisotopic (exact) mass is 1310 g/mol. The lowest BCUT2D eigenvalue weighted by Crippen LogP contribution is -2.52. The number of ketones is 2. The zero-order valence-corrected chi connectivity index (χ0v) is 56.4. The Morgan fingerprint density at radius 2 is 1.51 bits per heavy atom. The number of aliphatic hydroxyl groups is 4. The summed E-state index contributed by atoms with van der Waals surface area (Å²) < 4.78 is 6.80. The van der Waals surface area contributed by atoms with Gasteiger partial charge in [-0.2, -0.15) is 0 Å². The van der Waals surface area contributed by atoms with Gasteiger partial charge in [0.25, 0.3) is 0 Å². The molecule has 0 radical (unpaired) electrons. The van der Waals surface area contributed by atoms with Crippen molar-refractivity contribution >= 4 is 29.0 Å². The number of carbonyl (C=O) groups is 2. The molecule has 11 aliphatic rings. The van der Waals surface area contributed by atoms with E-state index < -0.39 is 59.5 Å². The van der Waals surface area contributed by atoms with Crippen LogP contribution in [-0.4, -0.2) is 95.7 Å². The molecule has 2 aromatic heterocycles. The number of hydrogen-bond donors (Lipinski definition) is 10. The van der Waals surface area contributed by atoms with Gasteiger partial charge in [-0.25, -0.2) is 0 Å². The van der Waals surface area contributed by atoms with E-state index in [-0.39, 0.29) is 101 Å². The first-order valence-electron chi connectivity index (χ1n) is 37.3. The van der Waals surface area contributed by atoms with Gasteiger partial charge < -0.3 is 56.0 Å². The second-order valence-electron chi connectivity index (χ2n) is 31.9. The average Bonchev–Trinajstić information content (AvgIpc) is 1.51. The smallest absolute Gasteiger partial charge is 0.163 e. The molecule has 0 saturated heterocycles. The summed E-state index contributed by atoms with van der Waals surface area (Å²) in [5.74, 6) is 11.9. The minimum absolute atomic E-state index is 0.0604. The minimum Gasteiger partial charge on any atom is -0.507 e. The van der Waals surface area contributed by atoms with Gasteiger partial charge in [0.2, 0.25) is 0 Å².